The molecule has 0 bridgehead atoms. The van der Waals surface area contributed by atoms with Gasteiger partial charge in [0.15, 0.2) is 0 Å². The van der Waals surface area contributed by atoms with Gasteiger partial charge in [0.25, 0.3) is 0 Å². The van der Waals surface area contributed by atoms with E-state index < -0.39 is 0 Å². The van der Waals surface area contributed by atoms with Crippen molar-refractivity contribution in [2.75, 3.05) is 39.8 Å². The van der Waals surface area contributed by atoms with Crippen molar-refractivity contribution in [1.82, 2.24) is 24.9 Å². The lowest BCUT2D eigenvalue weighted by Gasteiger charge is -2.50. The summed E-state index contributed by atoms with van der Waals surface area (Å²) in [5.41, 5.74) is 0.876. The van der Waals surface area contributed by atoms with Crippen LogP contribution in [0.2, 0.25) is 0 Å². The Hall–Kier alpha value is -2.12. The standard InChI is InChI=1S/C22H33N5O2/c1-17(2)23-21(29)25-11-9-22(10-12-25)26-14-13-24(3)16-19(26)20(28)27(22)15-18-7-5-4-6-8-18/h4-8,17,19H,9-16H2,1-3H3,(H,23,29)/t19-/m1/s1. The highest BCUT2D eigenvalue weighted by Crippen LogP contribution is 2.42. The Kier molecular flexibility index (Phi) is 5.53. The van der Waals surface area contributed by atoms with Crippen molar-refractivity contribution in [1.29, 1.82) is 0 Å². The third kappa shape index (κ3) is 3.73. The van der Waals surface area contributed by atoms with Crippen molar-refractivity contribution < 1.29 is 9.59 Å². The van der Waals surface area contributed by atoms with Crippen molar-refractivity contribution in [2.24, 2.45) is 0 Å². The minimum absolute atomic E-state index is 0.00344. The number of urea groups is 1. The molecule has 4 rings (SSSR count). The number of likely N-dealkylation sites (tertiary alicyclic amines) is 1. The molecule has 1 aromatic rings. The Balaban J connectivity index is 1.58. The Morgan fingerprint density at radius 2 is 1.83 bits per heavy atom. The van der Waals surface area contributed by atoms with Gasteiger partial charge in [-0.15, -0.1) is 0 Å². The van der Waals surface area contributed by atoms with E-state index in [9.17, 15) is 9.59 Å². The van der Waals surface area contributed by atoms with Gasteiger partial charge in [-0.2, -0.15) is 0 Å². The number of amides is 3. The van der Waals surface area contributed by atoms with Gasteiger partial charge in [0.2, 0.25) is 5.91 Å². The molecule has 0 aromatic heterocycles. The summed E-state index contributed by atoms with van der Waals surface area (Å²) in [6.07, 6.45) is 1.61. The van der Waals surface area contributed by atoms with Crippen LogP contribution in [-0.2, 0) is 11.3 Å². The van der Waals surface area contributed by atoms with Crippen LogP contribution in [0.5, 0.6) is 0 Å². The number of piperazine rings is 1. The molecule has 1 spiro atoms. The lowest BCUT2D eigenvalue weighted by molar-refractivity contribution is -0.134. The average molecular weight is 400 g/mol. The molecule has 3 fully saturated rings. The van der Waals surface area contributed by atoms with Gasteiger partial charge in [0.05, 0.1) is 0 Å². The zero-order valence-electron chi connectivity index (χ0n) is 17.8. The number of hydrogen-bond donors (Lipinski definition) is 1. The van der Waals surface area contributed by atoms with Crippen LogP contribution in [-0.4, -0.2) is 89.1 Å². The highest BCUT2D eigenvalue weighted by molar-refractivity contribution is 5.86. The first-order chi connectivity index (χ1) is 13.9. The molecule has 0 saturated carbocycles. The van der Waals surface area contributed by atoms with Crippen molar-refractivity contribution in [3.8, 4) is 0 Å². The molecule has 29 heavy (non-hydrogen) atoms. The van der Waals surface area contributed by atoms with E-state index in [-0.39, 0.29) is 29.7 Å². The van der Waals surface area contributed by atoms with Crippen LogP contribution >= 0.6 is 0 Å². The van der Waals surface area contributed by atoms with Crippen LogP contribution in [0.4, 0.5) is 4.79 Å². The van der Waals surface area contributed by atoms with Crippen LogP contribution in [0, 0.1) is 0 Å². The second-order valence-electron chi connectivity index (χ2n) is 8.96. The largest absolute Gasteiger partial charge is 0.336 e. The van der Waals surface area contributed by atoms with Crippen LogP contribution < -0.4 is 5.32 Å². The van der Waals surface area contributed by atoms with Crippen molar-refractivity contribution in [2.45, 2.75) is 51.0 Å². The van der Waals surface area contributed by atoms with E-state index in [0.29, 0.717) is 19.6 Å². The molecule has 3 aliphatic heterocycles. The molecule has 0 aliphatic carbocycles. The zero-order chi connectivity index (χ0) is 20.6. The van der Waals surface area contributed by atoms with E-state index in [1.54, 1.807) is 0 Å². The molecular formula is C22H33N5O2. The molecule has 1 aromatic carbocycles. The number of fused-ring (bicyclic) bond motifs is 2. The maximum atomic E-state index is 13.5. The van der Waals surface area contributed by atoms with E-state index in [1.807, 2.05) is 36.9 Å². The number of nitrogens with zero attached hydrogens (tertiary/aromatic N) is 4. The quantitative estimate of drug-likeness (QED) is 0.838. The van der Waals surface area contributed by atoms with Gasteiger partial charge in [-0.1, -0.05) is 30.3 Å². The van der Waals surface area contributed by atoms with Crippen molar-refractivity contribution in [3.05, 3.63) is 35.9 Å². The second-order valence-corrected chi connectivity index (χ2v) is 8.96. The zero-order valence-corrected chi connectivity index (χ0v) is 17.8. The fraction of sp³-hybridized carbons (Fsp3) is 0.636. The summed E-state index contributed by atoms with van der Waals surface area (Å²) in [5, 5.41) is 3.00. The molecule has 0 radical (unpaired) electrons. The highest BCUT2D eigenvalue weighted by Gasteiger charge is 2.58. The van der Waals surface area contributed by atoms with Gasteiger partial charge in [0, 0.05) is 58.2 Å². The number of benzene rings is 1. The molecule has 1 atom stereocenters. The van der Waals surface area contributed by atoms with Crippen molar-refractivity contribution in [3.63, 3.8) is 0 Å². The molecule has 3 heterocycles. The van der Waals surface area contributed by atoms with E-state index in [1.165, 1.54) is 0 Å². The Bertz CT molecular complexity index is 745. The smallest absolute Gasteiger partial charge is 0.317 e. The Morgan fingerprint density at radius 3 is 2.48 bits per heavy atom. The number of piperidine rings is 1. The second kappa shape index (κ2) is 7.95. The third-order valence-electron chi connectivity index (χ3n) is 6.62. The number of nitrogens with one attached hydrogen (secondary N) is 1. The first kappa shape index (κ1) is 20.2. The third-order valence-corrected chi connectivity index (χ3v) is 6.62. The molecule has 3 amide bonds. The summed E-state index contributed by atoms with van der Waals surface area (Å²) < 4.78 is 0. The summed E-state index contributed by atoms with van der Waals surface area (Å²) in [5.74, 6) is 0.237. The number of rotatable bonds is 3. The minimum atomic E-state index is -0.284. The van der Waals surface area contributed by atoms with E-state index in [0.717, 1.165) is 38.0 Å². The number of likely N-dealkylation sites (N-methyl/N-ethyl adjacent to an activating group) is 1. The van der Waals surface area contributed by atoms with Gasteiger partial charge in [-0.25, -0.2) is 4.79 Å². The van der Waals surface area contributed by atoms with Gasteiger partial charge in [-0.05, 0) is 26.5 Å². The predicted molar refractivity (Wildman–Crippen MR) is 112 cm³/mol. The van der Waals surface area contributed by atoms with Crippen LogP contribution in [0.15, 0.2) is 30.3 Å². The highest BCUT2D eigenvalue weighted by atomic mass is 16.2. The lowest BCUT2D eigenvalue weighted by atomic mass is 9.93. The van der Waals surface area contributed by atoms with E-state index in [4.69, 9.17) is 0 Å². The molecular weight excluding hydrogens is 366 g/mol. The van der Waals surface area contributed by atoms with E-state index in [2.05, 4.69) is 39.2 Å². The predicted octanol–water partition coefficient (Wildman–Crippen LogP) is 1.55. The topological polar surface area (TPSA) is 59.1 Å². The van der Waals surface area contributed by atoms with Gasteiger partial charge < -0.3 is 20.0 Å². The molecule has 7 nitrogen and oxygen atoms in total. The van der Waals surface area contributed by atoms with Crippen LogP contribution in [0.25, 0.3) is 0 Å². The normalized spacial score (nSPS) is 25.0. The summed E-state index contributed by atoms with van der Waals surface area (Å²) >= 11 is 0. The summed E-state index contributed by atoms with van der Waals surface area (Å²) in [6, 6.07) is 10.3. The first-order valence-corrected chi connectivity index (χ1v) is 10.8. The monoisotopic (exact) mass is 399 g/mol. The van der Waals surface area contributed by atoms with E-state index >= 15 is 0 Å². The van der Waals surface area contributed by atoms with Crippen LogP contribution in [0.3, 0.4) is 0 Å². The fourth-order valence-electron chi connectivity index (χ4n) is 5.12. The first-order valence-electron chi connectivity index (χ1n) is 10.8. The number of carbonyl (C=O) groups excluding carboxylic acids is 2. The molecule has 0 unspecified atom stereocenters. The average Bonchev–Trinajstić information content (AvgIpc) is 2.91. The Morgan fingerprint density at radius 1 is 1.14 bits per heavy atom. The van der Waals surface area contributed by atoms with Crippen LogP contribution in [0.1, 0.15) is 32.3 Å². The molecule has 7 heteroatoms. The molecule has 3 saturated heterocycles. The summed E-state index contributed by atoms with van der Waals surface area (Å²) in [7, 11) is 2.09. The molecule has 1 N–H and O–H groups in total. The summed E-state index contributed by atoms with van der Waals surface area (Å²) in [4.78, 5) is 34.7. The SMILES string of the molecule is CC(C)NC(=O)N1CCC2(CC1)N(Cc1ccccc1)C(=O)[C@H]1CN(C)CCN12. The van der Waals surface area contributed by atoms with Gasteiger partial charge in [-0.3, -0.25) is 9.69 Å². The molecule has 3 aliphatic rings. The van der Waals surface area contributed by atoms with Gasteiger partial charge in [0.1, 0.15) is 11.7 Å². The van der Waals surface area contributed by atoms with Crippen molar-refractivity contribution >= 4 is 11.9 Å². The maximum absolute atomic E-state index is 13.5. The summed E-state index contributed by atoms with van der Waals surface area (Å²) in [6.45, 7) is 8.60. The molecule has 158 valence electrons. The number of hydrogen-bond acceptors (Lipinski definition) is 4. The Labute approximate surface area is 173 Å². The lowest BCUT2D eigenvalue weighted by Crippen LogP contribution is -2.64. The maximum Gasteiger partial charge on any atom is 0.317 e. The number of carbonyl (C=O) groups is 2. The fourth-order valence-corrected chi connectivity index (χ4v) is 5.12. The van der Waals surface area contributed by atoms with Gasteiger partial charge >= 0.3 is 6.03 Å². The minimum Gasteiger partial charge on any atom is -0.336 e.